The minimum Gasteiger partial charge on any atom is -0.507 e. The number of ether oxygens (including phenoxy) is 1. The Morgan fingerprint density at radius 2 is 0.669 bits per heavy atom. The Bertz CT molecular complexity index is 5050. The van der Waals surface area contributed by atoms with Gasteiger partial charge >= 0.3 is 5.97 Å². The lowest BCUT2D eigenvalue weighted by Gasteiger charge is -2.37. The maximum Gasteiger partial charge on any atom is 0.312 e. The summed E-state index contributed by atoms with van der Waals surface area (Å²) in [6.45, 7) is 9.17. The van der Waals surface area contributed by atoms with Crippen molar-refractivity contribution in [2.45, 2.75) is 171 Å². The van der Waals surface area contributed by atoms with Gasteiger partial charge in [0.15, 0.2) is 6.10 Å². The normalized spacial score (nSPS) is 25.1. The van der Waals surface area contributed by atoms with Crippen LogP contribution in [0.2, 0.25) is 0 Å². The highest BCUT2D eigenvalue weighted by molar-refractivity contribution is 6.02. The molecule has 18 atom stereocenters. The molecule has 3 unspecified atom stereocenters. The molecule has 6 aromatic carbocycles. The molecule has 0 radical (unpaired) electrons. The molecular formula is C94H106N14O19. The molecule has 127 heavy (non-hydrogen) atoms. The average Bonchev–Trinajstić information content (AvgIpc) is 0.806. The fourth-order valence-electron chi connectivity index (χ4n) is 14.9. The Kier molecular flexibility index (Phi) is 33.9. The van der Waals surface area contributed by atoms with Gasteiger partial charge in [-0.15, -0.1) is 0 Å². The summed E-state index contributed by atoms with van der Waals surface area (Å²) in [7, 11) is 1.52. The molecule has 3 aromatic heterocycles. The Morgan fingerprint density at radius 3 is 1.04 bits per heavy atom. The van der Waals surface area contributed by atoms with Crippen molar-refractivity contribution in [2.24, 2.45) is 17.8 Å². The number of pyridine rings is 3. The summed E-state index contributed by atoms with van der Waals surface area (Å²) in [5.74, 6) is -11.8. The van der Waals surface area contributed by atoms with Crippen LogP contribution in [0.3, 0.4) is 0 Å². The van der Waals surface area contributed by atoms with E-state index in [1.807, 2.05) is 66.7 Å². The standard InChI is InChI=1S/C32H37N5O6.C31H35N5O6.C31H34N4O7/c1-19-28(39)24(16-22-12-9-15-33-18-22)35-31(42)27(36-29(40)23-13-7-8-14-26(23)38)20(2)34-30(41)25(37(3)32(19)43)17-21-10-5-4-6-11-21;1-18-27(38)23(16-21-11-8-14-32-17-21)34-31(42)26(36-29(40)22-12-6-7-13-25(22)37)19(2)33-30(41)24(35-28(18)39)15-20-9-4-3-5-10-20;1-18-27(37)23(15-21-11-8-14-32-17-21)34-30(40)26(35-28(38)22-12-6-7-13-24(22)36)19(2)33-29(39)25(42-31(18)41)16-20-9-4-3-5-10-20/h4-15,18-20,24-25,27-28,38-39H,16-17H2,1-3H3,(H,34,41)(H,35,42)(H,36,40);3-14,17-19,23-24,26-27,37-38H,15-16H2,1-2H3,(H,33,41)(H,34,42)(H,35,39)(H,36,40);3-14,17-19,23,25-27,36-37H,15-16H2,1-2H3,(H,33,39)(H,34,40)(H,35,38)/t19-,20-,24+,25?,27+,28+;18-,19-,23+,24?,26+,27+;18-,19-,23+,25?,26+,27+/m111/s1. The maximum atomic E-state index is 13.8. The van der Waals surface area contributed by atoms with Crippen molar-refractivity contribution < 1.29 is 92.9 Å². The van der Waals surface area contributed by atoms with Crippen molar-refractivity contribution in [1.82, 2.24) is 73.0 Å². The first-order chi connectivity index (χ1) is 60.8. The van der Waals surface area contributed by atoms with E-state index in [1.165, 1.54) is 69.1 Å². The topological polar surface area (TPSA) is 498 Å². The van der Waals surface area contributed by atoms with Crippen LogP contribution in [0.5, 0.6) is 17.2 Å². The molecule has 0 bridgehead atoms. The van der Waals surface area contributed by atoms with E-state index in [0.29, 0.717) is 16.7 Å². The molecule has 3 aliphatic heterocycles. The van der Waals surface area contributed by atoms with Gasteiger partial charge in [-0.05, 0) is 135 Å². The van der Waals surface area contributed by atoms with Crippen molar-refractivity contribution >= 4 is 70.9 Å². The molecular weight excluding hydrogens is 1630 g/mol. The highest BCUT2D eigenvalue weighted by Crippen LogP contribution is 2.26. The van der Waals surface area contributed by atoms with Crippen LogP contribution < -0.4 is 53.2 Å². The van der Waals surface area contributed by atoms with Gasteiger partial charge in [-0.3, -0.25) is 72.5 Å². The maximum absolute atomic E-state index is 13.8. The molecule has 666 valence electrons. The molecule has 6 heterocycles. The second kappa shape index (κ2) is 45.4. The number of aliphatic hydroxyl groups is 3. The average molecular weight is 1740 g/mol. The van der Waals surface area contributed by atoms with Gasteiger partial charge < -0.3 is 93.4 Å². The van der Waals surface area contributed by atoms with Crippen molar-refractivity contribution in [3.63, 3.8) is 0 Å². The number of aliphatic hydroxyl groups excluding tert-OH is 3. The molecule has 9 aromatic rings. The van der Waals surface area contributed by atoms with E-state index >= 15 is 0 Å². The van der Waals surface area contributed by atoms with Crippen molar-refractivity contribution in [3.8, 4) is 17.2 Å². The van der Waals surface area contributed by atoms with Gasteiger partial charge in [0.1, 0.15) is 47.5 Å². The van der Waals surface area contributed by atoms with Crippen LogP contribution >= 0.6 is 0 Å². The van der Waals surface area contributed by atoms with Crippen LogP contribution in [0.15, 0.2) is 237 Å². The van der Waals surface area contributed by atoms with Gasteiger partial charge in [-0.2, -0.15) is 0 Å². The number of hydrogen-bond acceptors (Lipinski definition) is 22. The van der Waals surface area contributed by atoms with Crippen molar-refractivity contribution in [3.05, 3.63) is 287 Å². The summed E-state index contributed by atoms with van der Waals surface area (Å²) in [5, 5.41) is 92.0. The number of esters is 1. The summed E-state index contributed by atoms with van der Waals surface area (Å²) in [6, 6.07) is 43.7. The number of carbonyl (C=O) groups is 12. The predicted molar refractivity (Wildman–Crippen MR) is 465 cm³/mol. The summed E-state index contributed by atoms with van der Waals surface area (Å²) >= 11 is 0. The minimum absolute atomic E-state index is 0.0483. The molecule has 0 saturated carbocycles. The number of nitrogens with one attached hydrogen (secondary N) is 10. The zero-order valence-electron chi connectivity index (χ0n) is 70.9. The number of cyclic esters (lactones) is 1. The molecule has 3 aliphatic rings. The Labute approximate surface area is 733 Å². The number of nitrogens with zero attached hydrogens (tertiary/aromatic N) is 4. The Morgan fingerprint density at radius 1 is 0.346 bits per heavy atom. The zero-order valence-corrected chi connectivity index (χ0v) is 70.9. The quantitative estimate of drug-likeness (QED) is 0.0548. The third-order valence-electron chi connectivity index (χ3n) is 22.3. The first kappa shape index (κ1) is 94.9. The van der Waals surface area contributed by atoms with Crippen molar-refractivity contribution in [1.29, 1.82) is 0 Å². The van der Waals surface area contributed by atoms with Crippen LogP contribution in [0, 0.1) is 17.8 Å². The molecule has 12 rings (SSSR count). The van der Waals surface area contributed by atoms with Crippen molar-refractivity contribution in [2.75, 3.05) is 7.05 Å². The van der Waals surface area contributed by atoms with E-state index in [0.717, 1.165) is 16.7 Å². The molecule has 11 amide bonds. The van der Waals surface area contributed by atoms with E-state index in [2.05, 4.69) is 68.1 Å². The Balaban J connectivity index is 0.000000199. The number of carbonyl (C=O) groups excluding carboxylic acids is 12. The summed E-state index contributed by atoms with van der Waals surface area (Å²) in [6.07, 6.45) is 4.98. The van der Waals surface area contributed by atoms with Gasteiger partial charge in [0.25, 0.3) is 23.6 Å². The number of likely N-dealkylation sites (N-methyl/N-ethyl adjacent to an activating group) is 1. The van der Waals surface area contributed by atoms with Crippen LogP contribution in [0.4, 0.5) is 0 Å². The predicted octanol–water partition coefficient (Wildman–Crippen LogP) is 3.34. The number of benzene rings is 6. The van der Waals surface area contributed by atoms with E-state index in [4.69, 9.17) is 4.74 Å². The van der Waals surface area contributed by atoms with Gasteiger partial charge in [-0.25, -0.2) is 0 Å². The number of rotatable bonds is 18. The molecule has 0 aliphatic carbocycles. The number of aromatic hydroxyl groups is 3. The monoisotopic (exact) mass is 1730 g/mol. The van der Waals surface area contributed by atoms with Crippen LogP contribution in [0.1, 0.15) is 106 Å². The molecule has 33 heteroatoms. The van der Waals surface area contributed by atoms with E-state index < -0.39 is 180 Å². The summed E-state index contributed by atoms with van der Waals surface area (Å²) in [5.41, 5.74) is 4.28. The lowest BCUT2D eigenvalue weighted by molar-refractivity contribution is -0.164. The van der Waals surface area contributed by atoms with E-state index in [-0.39, 0.29) is 72.5 Å². The van der Waals surface area contributed by atoms with Gasteiger partial charge in [0.05, 0.1) is 89.0 Å². The van der Waals surface area contributed by atoms with Gasteiger partial charge in [0.2, 0.25) is 41.4 Å². The lowest BCUT2D eigenvalue weighted by Crippen LogP contribution is -2.64. The molecule has 0 spiro atoms. The summed E-state index contributed by atoms with van der Waals surface area (Å²) in [4.78, 5) is 175. The fourth-order valence-corrected chi connectivity index (χ4v) is 14.9. The molecule has 16 N–H and O–H groups in total. The highest BCUT2D eigenvalue weighted by Gasteiger charge is 2.44. The lowest BCUT2D eigenvalue weighted by atomic mass is 9.90. The van der Waals surface area contributed by atoms with E-state index in [9.17, 15) is 88.2 Å². The third-order valence-corrected chi connectivity index (χ3v) is 22.3. The SMILES string of the molecule is C[C@H]1NC(=O)C(Cc2ccccc2)N(C)C(=O)[C@H](C)[C@H](O)[C@H](Cc2cccnc2)NC(=O)[C@H]1NC(=O)c1ccccc1O.C[C@H]1NC(=O)C(Cc2ccccc2)NC(=O)[C@H](C)[C@H](O)[C@H](Cc2cccnc2)NC(=O)[C@H]1NC(=O)c1ccccc1O.C[C@H]1NC(=O)C(Cc2ccccc2)OC(=O)[C@H](C)[C@H](O)[C@H](Cc2cccnc2)NC(=O)[C@H]1NC(=O)c1ccccc1O. The smallest absolute Gasteiger partial charge is 0.312 e. The fraction of sp³-hybridized carbons (Fsp3) is 0.330. The second-order valence-corrected chi connectivity index (χ2v) is 31.7. The molecule has 33 nitrogen and oxygen atoms in total. The summed E-state index contributed by atoms with van der Waals surface area (Å²) < 4.78 is 5.64. The number of aromatic nitrogens is 3. The van der Waals surface area contributed by atoms with Gasteiger partial charge in [0, 0.05) is 63.5 Å². The zero-order chi connectivity index (χ0) is 91.5. The van der Waals surface area contributed by atoms with Gasteiger partial charge in [-0.1, -0.05) is 159 Å². The second-order valence-electron chi connectivity index (χ2n) is 31.7. The largest absolute Gasteiger partial charge is 0.507 e. The third kappa shape index (κ3) is 26.2. The minimum atomic E-state index is -1.41. The van der Waals surface area contributed by atoms with Crippen LogP contribution in [-0.2, 0) is 86.4 Å². The van der Waals surface area contributed by atoms with Crippen LogP contribution in [-0.4, -0.2) is 219 Å². The Hall–Kier alpha value is -14.3. The number of amides is 11. The number of phenolic OH excluding ortho intramolecular Hbond substituents is 3. The number of para-hydroxylation sites is 3. The highest BCUT2D eigenvalue weighted by atomic mass is 16.5. The van der Waals surface area contributed by atoms with E-state index in [1.54, 1.807) is 155 Å². The first-order valence-electron chi connectivity index (χ1n) is 41.5. The first-order valence-corrected chi connectivity index (χ1v) is 41.5. The number of phenols is 3. The number of hydrogen-bond donors (Lipinski definition) is 16. The molecule has 3 fully saturated rings. The van der Waals surface area contributed by atoms with Crippen LogP contribution in [0.25, 0.3) is 0 Å². The molecule has 3 saturated heterocycles.